The van der Waals surface area contributed by atoms with E-state index in [9.17, 15) is 5.11 Å². The minimum absolute atomic E-state index is 0.206. The summed E-state index contributed by atoms with van der Waals surface area (Å²) in [7, 11) is 0. The normalized spacial score (nSPS) is 32.0. The van der Waals surface area contributed by atoms with Crippen LogP contribution >= 0.6 is 0 Å². The number of hydrogen-bond acceptors (Lipinski definition) is 1. The molecular formula is C18H28O. The van der Waals surface area contributed by atoms with E-state index in [4.69, 9.17) is 0 Å². The molecule has 0 aliphatic heterocycles. The van der Waals surface area contributed by atoms with Crippen LogP contribution in [-0.2, 0) is 0 Å². The van der Waals surface area contributed by atoms with Gasteiger partial charge in [0.2, 0.25) is 0 Å². The second kappa shape index (κ2) is 5.28. The lowest BCUT2D eigenvalue weighted by Gasteiger charge is -2.48. The predicted octanol–water partition coefficient (Wildman–Crippen LogP) is 4.53. The van der Waals surface area contributed by atoms with E-state index >= 15 is 0 Å². The Balaban J connectivity index is 2.27. The van der Waals surface area contributed by atoms with Gasteiger partial charge >= 0.3 is 0 Å². The average Bonchev–Trinajstić information content (AvgIpc) is 2.26. The molecule has 4 atom stereocenters. The van der Waals surface area contributed by atoms with Gasteiger partial charge in [-0.05, 0) is 61.0 Å². The molecule has 0 spiro atoms. The van der Waals surface area contributed by atoms with Crippen molar-refractivity contribution in [1.29, 1.82) is 0 Å². The van der Waals surface area contributed by atoms with Gasteiger partial charge in [-0.25, -0.2) is 0 Å². The highest BCUT2D eigenvalue weighted by Gasteiger charge is 2.43. The molecule has 1 fully saturated rings. The fourth-order valence-corrected chi connectivity index (χ4v) is 4.63. The van der Waals surface area contributed by atoms with E-state index in [2.05, 4.69) is 52.0 Å². The van der Waals surface area contributed by atoms with Gasteiger partial charge in [0, 0.05) is 0 Å². The van der Waals surface area contributed by atoms with Gasteiger partial charge in [-0.1, -0.05) is 45.0 Å². The van der Waals surface area contributed by atoms with Crippen molar-refractivity contribution in [3.63, 3.8) is 0 Å². The molecule has 1 nitrogen and oxygen atoms in total. The molecule has 0 saturated heterocycles. The Morgan fingerprint density at radius 3 is 2.42 bits per heavy atom. The van der Waals surface area contributed by atoms with Gasteiger partial charge in [0.05, 0.1) is 6.10 Å². The molecule has 0 radical (unpaired) electrons. The molecule has 1 saturated carbocycles. The number of aliphatic hydroxyl groups excluding tert-OH is 1. The summed E-state index contributed by atoms with van der Waals surface area (Å²) < 4.78 is 0. The molecule has 0 heterocycles. The lowest BCUT2D eigenvalue weighted by Crippen LogP contribution is -2.42. The van der Waals surface area contributed by atoms with Gasteiger partial charge in [-0.3, -0.25) is 0 Å². The largest absolute Gasteiger partial charge is 0.393 e. The molecule has 19 heavy (non-hydrogen) atoms. The maximum Gasteiger partial charge on any atom is 0.0547 e. The van der Waals surface area contributed by atoms with Crippen LogP contribution in [0.15, 0.2) is 24.3 Å². The summed E-state index contributed by atoms with van der Waals surface area (Å²) >= 11 is 0. The van der Waals surface area contributed by atoms with Gasteiger partial charge in [0.15, 0.2) is 0 Å². The van der Waals surface area contributed by atoms with Crippen LogP contribution in [0.3, 0.4) is 0 Å². The third-order valence-electron chi connectivity index (χ3n) is 5.09. The van der Waals surface area contributed by atoms with Crippen molar-refractivity contribution in [3.05, 3.63) is 35.4 Å². The number of hydrogen-bond donors (Lipinski definition) is 1. The average molecular weight is 260 g/mol. The molecule has 2 rings (SSSR count). The molecule has 1 aliphatic rings. The van der Waals surface area contributed by atoms with Crippen LogP contribution in [0.1, 0.15) is 57.6 Å². The first-order chi connectivity index (χ1) is 8.83. The summed E-state index contributed by atoms with van der Waals surface area (Å²) in [5.41, 5.74) is 3.12. The zero-order valence-electron chi connectivity index (χ0n) is 13.0. The summed E-state index contributed by atoms with van der Waals surface area (Å²) in [4.78, 5) is 0. The molecule has 1 aromatic carbocycles. The summed E-state index contributed by atoms with van der Waals surface area (Å²) in [6.07, 6.45) is 2.17. The Labute approximate surface area is 118 Å². The van der Waals surface area contributed by atoms with E-state index in [0.717, 1.165) is 0 Å². The lowest BCUT2D eigenvalue weighted by atomic mass is 9.58. The van der Waals surface area contributed by atoms with Crippen molar-refractivity contribution in [1.82, 2.24) is 0 Å². The molecule has 1 N–H and O–H groups in total. The van der Waals surface area contributed by atoms with Crippen LogP contribution in [0, 0.1) is 24.2 Å². The van der Waals surface area contributed by atoms with Gasteiger partial charge in [-0.15, -0.1) is 0 Å². The van der Waals surface area contributed by atoms with E-state index in [1.807, 2.05) is 6.92 Å². The molecule has 2 unspecified atom stereocenters. The first kappa shape index (κ1) is 14.6. The van der Waals surface area contributed by atoms with E-state index in [0.29, 0.717) is 17.8 Å². The van der Waals surface area contributed by atoms with Crippen molar-refractivity contribution < 1.29 is 5.11 Å². The van der Waals surface area contributed by atoms with Crippen LogP contribution in [-0.4, -0.2) is 11.2 Å². The third-order valence-corrected chi connectivity index (χ3v) is 5.09. The van der Waals surface area contributed by atoms with Crippen molar-refractivity contribution in [2.45, 2.75) is 59.5 Å². The highest BCUT2D eigenvalue weighted by atomic mass is 16.3. The van der Waals surface area contributed by atoms with E-state index < -0.39 is 0 Å². The SMILES string of the molecule is Cc1ccccc1C1C[C@H](C)[C@@H](C(C)O)C(C)(C)C1. The lowest BCUT2D eigenvalue weighted by molar-refractivity contribution is -0.0253. The zero-order chi connectivity index (χ0) is 14.2. The van der Waals surface area contributed by atoms with Crippen molar-refractivity contribution in [2.75, 3.05) is 0 Å². The molecule has 0 aromatic heterocycles. The minimum atomic E-state index is -0.206. The van der Waals surface area contributed by atoms with E-state index in [1.165, 1.54) is 24.0 Å². The molecule has 106 valence electrons. The topological polar surface area (TPSA) is 20.2 Å². The number of rotatable bonds is 2. The van der Waals surface area contributed by atoms with Gasteiger partial charge in [-0.2, -0.15) is 0 Å². The van der Waals surface area contributed by atoms with Gasteiger partial charge < -0.3 is 5.11 Å². The fourth-order valence-electron chi connectivity index (χ4n) is 4.63. The van der Waals surface area contributed by atoms with Crippen molar-refractivity contribution >= 4 is 0 Å². The first-order valence-electron chi connectivity index (χ1n) is 7.56. The van der Waals surface area contributed by atoms with Gasteiger partial charge in [0.1, 0.15) is 0 Å². The Morgan fingerprint density at radius 1 is 1.26 bits per heavy atom. The third kappa shape index (κ3) is 2.86. The standard InChI is InChI=1S/C18H28O/c1-12-8-6-7-9-16(12)15-10-13(2)17(14(3)19)18(4,5)11-15/h6-9,13-15,17,19H,10-11H2,1-5H3/t13-,14?,15?,17-/m0/s1. The zero-order valence-corrected chi connectivity index (χ0v) is 13.0. The Hall–Kier alpha value is -0.820. The van der Waals surface area contributed by atoms with Crippen LogP contribution in [0.5, 0.6) is 0 Å². The monoisotopic (exact) mass is 260 g/mol. The maximum absolute atomic E-state index is 10.1. The Kier molecular flexibility index (Phi) is 4.06. The van der Waals surface area contributed by atoms with Crippen LogP contribution in [0.4, 0.5) is 0 Å². The van der Waals surface area contributed by atoms with Crippen LogP contribution < -0.4 is 0 Å². The molecule has 1 aliphatic carbocycles. The molecule has 0 amide bonds. The Morgan fingerprint density at radius 2 is 1.89 bits per heavy atom. The van der Waals surface area contributed by atoms with Crippen LogP contribution in [0.25, 0.3) is 0 Å². The smallest absolute Gasteiger partial charge is 0.0547 e. The second-order valence-electron chi connectivity index (χ2n) is 7.23. The second-order valence-corrected chi connectivity index (χ2v) is 7.23. The molecular weight excluding hydrogens is 232 g/mol. The Bertz CT molecular complexity index is 433. The highest BCUT2D eigenvalue weighted by Crippen LogP contribution is 2.51. The molecule has 1 heteroatoms. The minimum Gasteiger partial charge on any atom is -0.393 e. The maximum atomic E-state index is 10.1. The summed E-state index contributed by atoms with van der Waals surface area (Å²) in [5.74, 6) is 1.63. The number of aliphatic hydroxyl groups is 1. The summed E-state index contributed by atoms with van der Waals surface area (Å²) in [5, 5.41) is 10.1. The van der Waals surface area contributed by atoms with Crippen LogP contribution in [0.2, 0.25) is 0 Å². The molecule has 1 aromatic rings. The molecule has 0 bridgehead atoms. The highest BCUT2D eigenvalue weighted by molar-refractivity contribution is 5.30. The summed E-state index contributed by atoms with van der Waals surface area (Å²) in [6, 6.07) is 8.77. The van der Waals surface area contributed by atoms with Crippen molar-refractivity contribution in [3.8, 4) is 0 Å². The number of benzene rings is 1. The van der Waals surface area contributed by atoms with E-state index in [-0.39, 0.29) is 11.5 Å². The van der Waals surface area contributed by atoms with E-state index in [1.54, 1.807) is 0 Å². The summed E-state index contributed by atoms with van der Waals surface area (Å²) in [6.45, 7) is 11.1. The van der Waals surface area contributed by atoms with Crippen molar-refractivity contribution in [2.24, 2.45) is 17.3 Å². The number of aryl methyl sites for hydroxylation is 1. The quantitative estimate of drug-likeness (QED) is 0.828. The predicted molar refractivity (Wildman–Crippen MR) is 81.3 cm³/mol. The first-order valence-corrected chi connectivity index (χ1v) is 7.56. The van der Waals surface area contributed by atoms with Gasteiger partial charge in [0.25, 0.3) is 0 Å². The fraction of sp³-hybridized carbons (Fsp3) is 0.667.